The number of hydrogen-bond donors (Lipinski definition) is 1. The van der Waals surface area contributed by atoms with Crippen molar-refractivity contribution >= 4 is 22.6 Å². The number of carbonyl (C=O) groups is 1. The average molecular weight is 388 g/mol. The van der Waals surface area contributed by atoms with Crippen LogP contribution in [0.4, 0.5) is 5.69 Å². The zero-order valence-electron chi connectivity index (χ0n) is 17.3. The highest BCUT2D eigenvalue weighted by molar-refractivity contribution is 6.13. The summed E-state index contributed by atoms with van der Waals surface area (Å²) in [4.78, 5) is 18.1. The summed E-state index contributed by atoms with van der Waals surface area (Å²) in [5.74, 6) is 0.410. The zero-order chi connectivity index (χ0) is 20.8. The van der Waals surface area contributed by atoms with Crippen molar-refractivity contribution < 1.29 is 9.21 Å². The largest absolute Gasteiger partial charge is 0.463 e. The Bertz CT molecular complexity index is 1200. The number of hydrogen-bond acceptors (Lipinski definition) is 4. The van der Waals surface area contributed by atoms with E-state index in [1.54, 1.807) is 23.1 Å². The molecule has 0 saturated carbocycles. The lowest BCUT2D eigenvalue weighted by Crippen LogP contribution is -2.19. The van der Waals surface area contributed by atoms with Gasteiger partial charge in [-0.3, -0.25) is 9.48 Å². The molecule has 6 heteroatoms. The minimum Gasteiger partial charge on any atom is -0.463 e. The first-order valence-corrected chi connectivity index (χ1v) is 9.55. The number of fused-ring (bicyclic) bond motifs is 1. The summed E-state index contributed by atoms with van der Waals surface area (Å²) in [6.45, 7) is 8.27. The number of para-hydroxylation sites is 1. The number of aromatic nitrogens is 3. The van der Waals surface area contributed by atoms with Crippen LogP contribution in [0.3, 0.4) is 0 Å². The number of rotatable bonds is 3. The van der Waals surface area contributed by atoms with Gasteiger partial charge in [0.1, 0.15) is 5.69 Å². The molecule has 4 aromatic rings. The third-order valence-electron chi connectivity index (χ3n) is 4.97. The molecule has 0 aliphatic rings. The van der Waals surface area contributed by atoms with Crippen molar-refractivity contribution in [2.45, 2.75) is 33.1 Å². The van der Waals surface area contributed by atoms with Crippen molar-refractivity contribution in [3.63, 3.8) is 0 Å². The van der Waals surface area contributed by atoms with Crippen molar-refractivity contribution in [2.24, 2.45) is 7.05 Å². The second-order valence-electron chi connectivity index (χ2n) is 8.19. The molecule has 0 radical (unpaired) electrons. The van der Waals surface area contributed by atoms with Crippen LogP contribution >= 0.6 is 0 Å². The Hall–Kier alpha value is -3.41. The van der Waals surface area contributed by atoms with Gasteiger partial charge in [0.15, 0.2) is 11.4 Å². The maximum absolute atomic E-state index is 13.4. The van der Waals surface area contributed by atoms with E-state index in [-0.39, 0.29) is 11.3 Å². The molecule has 4 rings (SSSR count). The van der Waals surface area contributed by atoms with Gasteiger partial charge in [0, 0.05) is 12.7 Å². The lowest BCUT2D eigenvalue weighted by molar-refractivity contribution is 0.102. The smallest absolute Gasteiger partial charge is 0.256 e. The quantitative estimate of drug-likeness (QED) is 0.531. The molecular weight excluding hydrogens is 364 g/mol. The maximum Gasteiger partial charge on any atom is 0.256 e. The van der Waals surface area contributed by atoms with Crippen molar-refractivity contribution in [3.05, 3.63) is 65.5 Å². The molecule has 0 unspecified atom stereocenters. The van der Waals surface area contributed by atoms with Crippen molar-refractivity contribution in [2.75, 3.05) is 5.32 Å². The molecule has 3 aromatic heterocycles. The van der Waals surface area contributed by atoms with E-state index in [9.17, 15) is 4.79 Å². The lowest BCUT2D eigenvalue weighted by Gasteiger charge is -2.23. The molecule has 3 heterocycles. The van der Waals surface area contributed by atoms with Gasteiger partial charge in [-0.25, -0.2) is 4.98 Å². The monoisotopic (exact) mass is 388 g/mol. The molecule has 0 bridgehead atoms. The SMILES string of the molecule is Cc1nn(C)c2nc(-c3ccco3)cc(C(=O)Nc3ccccc3C(C)(C)C)c12. The Kier molecular flexibility index (Phi) is 4.49. The minimum atomic E-state index is -0.196. The van der Waals surface area contributed by atoms with Gasteiger partial charge in [-0.2, -0.15) is 5.10 Å². The Morgan fingerprint density at radius 2 is 1.90 bits per heavy atom. The summed E-state index contributed by atoms with van der Waals surface area (Å²) in [5, 5.41) is 8.31. The van der Waals surface area contributed by atoms with E-state index in [1.165, 1.54) is 0 Å². The van der Waals surface area contributed by atoms with Gasteiger partial charge < -0.3 is 9.73 Å². The van der Waals surface area contributed by atoms with Gasteiger partial charge >= 0.3 is 0 Å². The molecule has 0 fully saturated rings. The number of furan rings is 1. The first-order chi connectivity index (χ1) is 13.8. The summed E-state index contributed by atoms with van der Waals surface area (Å²) in [6, 6.07) is 13.3. The van der Waals surface area contributed by atoms with Crippen LogP contribution in [-0.4, -0.2) is 20.7 Å². The van der Waals surface area contributed by atoms with Crippen molar-refractivity contribution in [1.82, 2.24) is 14.8 Å². The molecule has 0 saturated heterocycles. The molecule has 0 aliphatic carbocycles. The van der Waals surface area contributed by atoms with Crippen LogP contribution in [-0.2, 0) is 12.5 Å². The summed E-state index contributed by atoms with van der Waals surface area (Å²) in [7, 11) is 1.82. The summed E-state index contributed by atoms with van der Waals surface area (Å²) >= 11 is 0. The number of nitrogens with one attached hydrogen (secondary N) is 1. The van der Waals surface area contributed by atoms with E-state index in [0.717, 1.165) is 22.3 Å². The third kappa shape index (κ3) is 3.42. The topological polar surface area (TPSA) is 73.0 Å². The van der Waals surface area contributed by atoms with Gasteiger partial charge in [0.25, 0.3) is 5.91 Å². The highest BCUT2D eigenvalue weighted by Crippen LogP contribution is 2.31. The van der Waals surface area contributed by atoms with E-state index in [4.69, 9.17) is 4.42 Å². The summed E-state index contributed by atoms with van der Waals surface area (Å²) < 4.78 is 7.20. The fourth-order valence-electron chi connectivity index (χ4n) is 3.61. The standard InChI is InChI=1S/C23H24N4O2/c1-14-20-15(22(28)25-17-10-7-6-9-16(17)23(2,3)4)13-18(19-11-8-12-29-19)24-21(20)27(5)26-14/h6-13H,1-5H3,(H,25,28). The van der Waals surface area contributed by atoms with Crippen LogP contribution in [0.1, 0.15) is 42.4 Å². The Balaban J connectivity index is 1.85. The van der Waals surface area contributed by atoms with Crippen LogP contribution in [0.25, 0.3) is 22.5 Å². The van der Waals surface area contributed by atoms with Crippen LogP contribution in [0.2, 0.25) is 0 Å². The second kappa shape index (κ2) is 6.88. The highest BCUT2D eigenvalue weighted by atomic mass is 16.3. The number of benzene rings is 1. The van der Waals surface area contributed by atoms with Gasteiger partial charge in [0.05, 0.1) is 22.9 Å². The van der Waals surface area contributed by atoms with Crippen LogP contribution in [0.5, 0.6) is 0 Å². The Labute approximate surface area is 169 Å². The van der Waals surface area contributed by atoms with Gasteiger partial charge in [0.2, 0.25) is 0 Å². The summed E-state index contributed by atoms with van der Waals surface area (Å²) in [6.07, 6.45) is 1.59. The van der Waals surface area contributed by atoms with Gasteiger partial charge in [-0.1, -0.05) is 39.0 Å². The van der Waals surface area contributed by atoms with Crippen LogP contribution < -0.4 is 5.32 Å². The number of aryl methyl sites for hydroxylation is 2. The van der Waals surface area contributed by atoms with E-state index >= 15 is 0 Å². The predicted octanol–water partition coefficient (Wildman–Crippen LogP) is 5.09. The average Bonchev–Trinajstić information content (AvgIpc) is 3.29. The number of anilines is 1. The Morgan fingerprint density at radius 1 is 1.14 bits per heavy atom. The second-order valence-corrected chi connectivity index (χ2v) is 8.19. The van der Waals surface area contributed by atoms with E-state index in [0.29, 0.717) is 22.7 Å². The number of amides is 1. The molecule has 0 atom stereocenters. The lowest BCUT2D eigenvalue weighted by atomic mass is 9.86. The molecular formula is C23H24N4O2. The maximum atomic E-state index is 13.4. The molecule has 0 spiro atoms. The van der Waals surface area contributed by atoms with Gasteiger partial charge in [-0.05, 0) is 42.2 Å². The third-order valence-corrected chi connectivity index (χ3v) is 4.97. The molecule has 1 aromatic carbocycles. The Morgan fingerprint density at radius 3 is 2.59 bits per heavy atom. The number of carbonyl (C=O) groups excluding carboxylic acids is 1. The fraction of sp³-hybridized carbons (Fsp3) is 0.261. The fourth-order valence-corrected chi connectivity index (χ4v) is 3.61. The van der Waals surface area contributed by atoms with E-state index in [2.05, 4.69) is 36.2 Å². The molecule has 0 aliphatic heterocycles. The normalized spacial score (nSPS) is 11.8. The highest BCUT2D eigenvalue weighted by Gasteiger charge is 2.23. The van der Waals surface area contributed by atoms with Gasteiger partial charge in [-0.15, -0.1) is 0 Å². The molecule has 1 amide bonds. The number of pyridine rings is 1. The predicted molar refractivity (Wildman–Crippen MR) is 114 cm³/mol. The van der Waals surface area contributed by atoms with Crippen molar-refractivity contribution in [3.8, 4) is 11.5 Å². The van der Waals surface area contributed by atoms with Crippen LogP contribution in [0, 0.1) is 6.92 Å². The summed E-state index contributed by atoms with van der Waals surface area (Å²) in [5.41, 5.74) is 4.31. The zero-order valence-corrected chi connectivity index (χ0v) is 17.3. The van der Waals surface area contributed by atoms with Crippen molar-refractivity contribution in [1.29, 1.82) is 0 Å². The first kappa shape index (κ1) is 18.9. The van der Waals surface area contributed by atoms with E-state index in [1.807, 2.05) is 44.3 Å². The molecule has 1 N–H and O–H groups in total. The molecule has 148 valence electrons. The molecule has 6 nitrogen and oxygen atoms in total. The first-order valence-electron chi connectivity index (χ1n) is 9.55. The van der Waals surface area contributed by atoms with Crippen LogP contribution in [0.15, 0.2) is 53.1 Å². The minimum absolute atomic E-state index is 0.0962. The number of nitrogens with zero attached hydrogens (tertiary/aromatic N) is 3. The molecule has 29 heavy (non-hydrogen) atoms. The van der Waals surface area contributed by atoms with E-state index < -0.39 is 0 Å².